The summed E-state index contributed by atoms with van der Waals surface area (Å²) in [5.41, 5.74) is 2.51. The first-order valence-corrected chi connectivity index (χ1v) is 24.7. The van der Waals surface area contributed by atoms with Crippen molar-refractivity contribution in [3.63, 3.8) is 0 Å². The van der Waals surface area contributed by atoms with Crippen molar-refractivity contribution in [2.75, 3.05) is 72.2 Å². The summed E-state index contributed by atoms with van der Waals surface area (Å²) in [6, 6.07) is 23.5. The first kappa shape index (κ1) is 51.9. The molecule has 3 unspecified atom stereocenters. The molecule has 9 nitrogen and oxygen atoms in total. The Morgan fingerprint density at radius 1 is 0.571 bits per heavy atom. The summed E-state index contributed by atoms with van der Waals surface area (Å²) < 4.78 is 17.3. The van der Waals surface area contributed by atoms with Gasteiger partial charge in [-0.2, -0.15) is 0 Å². The molecule has 3 heterocycles. The molecule has 0 bridgehead atoms. The van der Waals surface area contributed by atoms with Crippen LogP contribution >= 0.6 is 0 Å². The van der Waals surface area contributed by atoms with Crippen LogP contribution in [-0.2, 0) is 0 Å². The van der Waals surface area contributed by atoms with Gasteiger partial charge in [-0.15, -0.1) is 0 Å². The van der Waals surface area contributed by atoms with Crippen molar-refractivity contribution in [2.45, 2.75) is 137 Å². The molecule has 3 aromatic rings. The third kappa shape index (κ3) is 19.9. The second-order valence-electron chi connectivity index (χ2n) is 18.2. The molecule has 1 N–H and O–H groups in total. The zero-order valence-electron chi connectivity index (χ0n) is 40.0. The molecule has 0 aliphatic carbocycles. The normalized spacial score (nSPS) is 19.2. The predicted octanol–water partition coefficient (Wildman–Crippen LogP) is 11.3. The number of aliphatic hydroxyl groups is 1. The van der Waals surface area contributed by atoms with Crippen molar-refractivity contribution in [3.05, 3.63) is 89.5 Å². The van der Waals surface area contributed by atoms with Gasteiger partial charge in [0.25, 0.3) is 0 Å². The number of benzene rings is 3. The minimum absolute atomic E-state index is 0.181. The number of piperidine rings is 3. The van der Waals surface area contributed by atoms with Crippen LogP contribution in [0.4, 0.5) is 0 Å². The highest BCUT2D eigenvalue weighted by Gasteiger charge is 2.18. The van der Waals surface area contributed by atoms with Gasteiger partial charge < -0.3 is 34.0 Å². The first-order valence-electron chi connectivity index (χ1n) is 24.7. The van der Waals surface area contributed by atoms with E-state index in [9.17, 15) is 14.7 Å². The first-order chi connectivity index (χ1) is 30.6. The van der Waals surface area contributed by atoms with Crippen LogP contribution in [0.3, 0.4) is 0 Å². The second kappa shape index (κ2) is 29.6. The average molecular weight is 870 g/mol. The third-order valence-corrected chi connectivity index (χ3v) is 12.8. The van der Waals surface area contributed by atoms with E-state index in [0.717, 1.165) is 117 Å². The SMILES string of the molecule is CCC(=O)c1ccc(OCCCN2CCC(C)CC2)cc1.CCC(=O)c1ccc(OCCCN2CCCCC2C)cc1.CCC(O)c1ccc(OCCCN2CCCC(C)C2)cc1. The van der Waals surface area contributed by atoms with E-state index in [1.54, 1.807) is 0 Å². The van der Waals surface area contributed by atoms with E-state index in [0.29, 0.717) is 12.8 Å². The Morgan fingerprint density at radius 2 is 1.06 bits per heavy atom. The van der Waals surface area contributed by atoms with Gasteiger partial charge in [0, 0.05) is 56.2 Å². The third-order valence-electron chi connectivity index (χ3n) is 12.8. The van der Waals surface area contributed by atoms with Crippen molar-refractivity contribution >= 4 is 11.6 Å². The average Bonchev–Trinajstić information content (AvgIpc) is 3.32. The van der Waals surface area contributed by atoms with Gasteiger partial charge in [-0.25, -0.2) is 0 Å². The summed E-state index contributed by atoms with van der Waals surface area (Å²) in [4.78, 5) is 30.7. The van der Waals surface area contributed by atoms with E-state index in [2.05, 4.69) is 35.5 Å². The number of likely N-dealkylation sites (tertiary alicyclic amines) is 3. The van der Waals surface area contributed by atoms with Crippen LogP contribution in [0.15, 0.2) is 72.8 Å². The van der Waals surface area contributed by atoms with Crippen LogP contribution in [0.5, 0.6) is 17.2 Å². The number of ketones is 2. The summed E-state index contributed by atoms with van der Waals surface area (Å²) in [6.45, 7) is 24.6. The molecule has 9 heteroatoms. The zero-order valence-corrected chi connectivity index (χ0v) is 40.0. The molecule has 63 heavy (non-hydrogen) atoms. The lowest BCUT2D eigenvalue weighted by Gasteiger charge is -2.33. The molecule has 0 saturated carbocycles. The highest BCUT2D eigenvalue weighted by Crippen LogP contribution is 2.22. The fraction of sp³-hybridized carbons (Fsp3) is 0.630. The summed E-state index contributed by atoms with van der Waals surface area (Å²) in [7, 11) is 0. The van der Waals surface area contributed by atoms with Crippen molar-refractivity contribution in [1.29, 1.82) is 0 Å². The molecular weight excluding hydrogens is 787 g/mol. The van der Waals surface area contributed by atoms with E-state index in [4.69, 9.17) is 14.2 Å². The summed E-state index contributed by atoms with van der Waals surface area (Å²) in [5.74, 6) is 4.71. The number of hydrogen-bond acceptors (Lipinski definition) is 9. The van der Waals surface area contributed by atoms with Crippen LogP contribution in [0, 0.1) is 11.8 Å². The quantitative estimate of drug-likeness (QED) is 0.0830. The number of Topliss-reactive ketones (excluding diaryl/α,β-unsaturated/α-hetero) is 2. The molecule has 0 aromatic heterocycles. The number of ether oxygens (including phenoxy) is 3. The monoisotopic (exact) mass is 870 g/mol. The molecule has 0 spiro atoms. The molecule has 0 amide bonds. The lowest BCUT2D eigenvalue weighted by molar-refractivity contribution is 0.0980. The Morgan fingerprint density at radius 3 is 1.54 bits per heavy atom. The zero-order chi connectivity index (χ0) is 45.2. The smallest absolute Gasteiger partial charge is 0.162 e. The Labute approximate surface area is 381 Å². The van der Waals surface area contributed by atoms with Crippen LogP contribution < -0.4 is 14.2 Å². The van der Waals surface area contributed by atoms with Crippen molar-refractivity contribution in [3.8, 4) is 17.2 Å². The van der Waals surface area contributed by atoms with E-state index in [1.807, 2.05) is 93.6 Å². The van der Waals surface area contributed by atoms with Crippen molar-refractivity contribution < 1.29 is 28.9 Å². The number of nitrogens with zero attached hydrogens (tertiary/aromatic N) is 3. The van der Waals surface area contributed by atoms with Gasteiger partial charge in [0.15, 0.2) is 11.6 Å². The molecule has 3 saturated heterocycles. The topological polar surface area (TPSA) is 91.8 Å². The van der Waals surface area contributed by atoms with E-state index < -0.39 is 0 Å². The van der Waals surface area contributed by atoms with Gasteiger partial charge in [0.2, 0.25) is 0 Å². The van der Waals surface area contributed by atoms with Gasteiger partial charge >= 0.3 is 0 Å². The van der Waals surface area contributed by atoms with Crippen molar-refractivity contribution in [1.82, 2.24) is 14.7 Å². The van der Waals surface area contributed by atoms with Crippen LogP contribution in [0.1, 0.15) is 157 Å². The maximum Gasteiger partial charge on any atom is 0.162 e. The van der Waals surface area contributed by atoms with Gasteiger partial charge in [-0.05, 0) is 175 Å². The summed E-state index contributed by atoms with van der Waals surface area (Å²) in [6.07, 6.45) is 14.1. The van der Waals surface area contributed by atoms with Crippen LogP contribution in [0.2, 0.25) is 0 Å². The maximum absolute atomic E-state index is 11.5. The Balaban J connectivity index is 0.000000207. The Kier molecular flexibility index (Phi) is 24.4. The molecular formula is C54H83N3O6. The largest absolute Gasteiger partial charge is 0.494 e. The number of rotatable bonds is 21. The maximum atomic E-state index is 11.5. The number of carbonyl (C=O) groups is 2. The summed E-state index contributed by atoms with van der Waals surface area (Å²) >= 11 is 0. The lowest BCUT2D eigenvalue weighted by Crippen LogP contribution is -2.38. The minimum atomic E-state index is -0.361. The van der Waals surface area contributed by atoms with E-state index >= 15 is 0 Å². The molecule has 3 aliphatic heterocycles. The molecule has 0 radical (unpaired) electrons. The number of hydrogen-bond donors (Lipinski definition) is 1. The Bertz CT molecular complexity index is 1680. The molecule has 350 valence electrons. The standard InChI is InChI=1S/C18H27NO2.C18H29NO2.C18H27NO2/c1-3-18(20)16-5-7-17(8-6-16)21-14-4-11-19-12-9-15(2)10-13-19;1-3-18(20)16-7-9-17(10-8-16)21-13-5-12-19-11-4-6-15(2)14-19;1-3-18(20)16-8-10-17(11-9-16)21-14-6-13-19-12-5-4-7-15(19)2/h5-8,15H,3-4,9-14H2,1-2H3;7-10,15,18,20H,3-6,11-14H2,1-2H3;8-11,15H,3-7,12-14H2,1-2H3. The van der Waals surface area contributed by atoms with Crippen molar-refractivity contribution in [2.24, 2.45) is 11.8 Å². The number of carbonyl (C=O) groups excluding carboxylic acids is 2. The predicted molar refractivity (Wildman–Crippen MR) is 259 cm³/mol. The molecule has 3 fully saturated rings. The van der Waals surface area contributed by atoms with Crippen LogP contribution in [-0.4, -0.2) is 110 Å². The van der Waals surface area contributed by atoms with E-state index in [1.165, 1.54) is 77.7 Å². The van der Waals surface area contributed by atoms with Gasteiger partial charge in [0.05, 0.1) is 25.9 Å². The molecule has 3 aliphatic rings. The number of aliphatic hydroxyl groups excluding tert-OH is 1. The second-order valence-corrected chi connectivity index (χ2v) is 18.2. The minimum Gasteiger partial charge on any atom is -0.494 e. The molecule has 6 rings (SSSR count). The van der Waals surface area contributed by atoms with E-state index in [-0.39, 0.29) is 17.7 Å². The van der Waals surface area contributed by atoms with Crippen LogP contribution in [0.25, 0.3) is 0 Å². The van der Waals surface area contributed by atoms with Gasteiger partial charge in [0.1, 0.15) is 17.2 Å². The molecule has 3 atom stereocenters. The highest BCUT2D eigenvalue weighted by atomic mass is 16.5. The fourth-order valence-corrected chi connectivity index (χ4v) is 8.58. The van der Waals surface area contributed by atoms with Gasteiger partial charge in [-0.1, -0.05) is 53.2 Å². The van der Waals surface area contributed by atoms with Gasteiger partial charge in [-0.3, -0.25) is 9.59 Å². The highest BCUT2D eigenvalue weighted by molar-refractivity contribution is 5.96. The Hall–Kier alpha value is -3.76. The summed E-state index contributed by atoms with van der Waals surface area (Å²) in [5, 5.41) is 9.75. The molecule has 3 aromatic carbocycles. The fourth-order valence-electron chi connectivity index (χ4n) is 8.58. The lowest BCUT2D eigenvalue weighted by atomic mass is 9.99.